The van der Waals surface area contributed by atoms with Gasteiger partial charge < -0.3 is 10.1 Å². The first-order valence-electron chi connectivity index (χ1n) is 7.72. The molecule has 0 amide bonds. The molecule has 4 rings (SSSR count). The predicted molar refractivity (Wildman–Crippen MR) is 90.5 cm³/mol. The molecule has 0 fully saturated rings. The molecule has 0 unspecified atom stereocenters. The van der Waals surface area contributed by atoms with Crippen LogP contribution in [0.15, 0.2) is 42.5 Å². The summed E-state index contributed by atoms with van der Waals surface area (Å²) in [4.78, 5) is 20.5. The van der Waals surface area contributed by atoms with E-state index in [0.29, 0.717) is 35.1 Å². The molecular formula is C17H14FN5O2. The first-order valence-corrected chi connectivity index (χ1v) is 7.72. The fraction of sp³-hybridized carbons (Fsp3) is 0.118. The Morgan fingerprint density at radius 1 is 1.28 bits per heavy atom. The van der Waals surface area contributed by atoms with Crippen LogP contribution in [-0.4, -0.2) is 32.2 Å². The summed E-state index contributed by atoms with van der Waals surface area (Å²) < 4.78 is 19.9. The van der Waals surface area contributed by atoms with Crippen molar-refractivity contribution in [3.63, 3.8) is 0 Å². The van der Waals surface area contributed by atoms with Crippen LogP contribution in [0.25, 0.3) is 16.8 Å². The number of benzene rings is 2. The number of ether oxygens (including phenoxy) is 1. The summed E-state index contributed by atoms with van der Waals surface area (Å²) in [6.07, 6.45) is 0. The van der Waals surface area contributed by atoms with Crippen molar-refractivity contribution in [1.82, 2.24) is 19.6 Å². The molecule has 0 saturated heterocycles. The number of esters is 1. The molecule has 8 heteroatoms. The fourth-order valence-electron chi connectivity index (χ4n) is 2.58. The molecular weight excluding hydrogens is 325 g/mol. The molecule has 4 aromatic rings. The first-order chi connectivity index (χ1) is 12.1. The zero-order valence-corrected chi connectivity index (χ0v) is 13.3. The molecule has 0 aliphatic carbocycles. The monoisotopic (exact) mass is 339 g/mol. The highest BCUT2D eigenvalue weighted by Crippen LogP contribution is 2.20. The van der Waals surface area contributed by atoms with Gasteiger partial charge in [0.15, 0.2) is 0 Å². The third-order valence-corrected chi connectivity index (χ3v) is 3.66. The number of anilines is 2. The summed E-state index contributed by atoms with van der Waals surface area (Å²) >= 11 is 0. The number of aromatic amines is 1. The smallest absolute Gasteiger partial charge is 0.338 e. The molecule has 0 radical (unpaired) electrons. The third kappa shape index (κ3) is 2.78. The molecule has 0 saturated carbocycles. The lowest BCUT2D eigenvalue weighted by Gasteiger charge is -2.02. The van der Waals surface area contributed by atoms with E-state index in [4.69, 9.17) is 4.74 Å². The number of fused-ring (bicyclic) bond motifs is 3. The highest BCUT2D eigenvalue weighted by molar-refractivity contribution is 5.94. The van der Waals surface area contributed by atoms with E-state index in [2.05, 4.69) is 20.4 Å². The molecule has 2 heterocycles. The van der Waals surface area contributed by atoms with Gasteiger partial charge >= 0.3 is 5.97 Å². The minimum atomic E-state index is -0.387. The Morgan fingerprint density at radius 3 is 2.96 bits per heavy atom. The second-order valence-corrected chi connectivity index (χ2v) is 5.38. The maximum atomic E-state index is 13.3. The molecule has 2 N–H and O–H groups in total. The lowest BCUT2D eigenvalue weighted by atomic mass is 10.2. The molecule has 0 aliphatic rings. The zero-order valence-electron chi connectivity index (χ0n) is 13.3. The quantitative estimate of drug-likeness (QED) is 0.558. The summed E-state index contributed by atoms with van der Waals surface area (Å²) in [5.41, 5.74) is 2.41. The summed E-state index contributed by atoms with van der Waals surface area (Å²) in [6, 6.07) is 11.2. The number of halogens is 1. The van der Waals surface area contributed by atoms with Crippen molar-refractivity contribution in [1.29, 1.82) is 0 Å². The van der Waals surface area contributed by atoms with Gasteiger partial charge in [-0.25, -0.2) is 18.7 Å². The summed E-state index contributed by atoms with van der Waals surface area (Å²) in [5.74, 6) is 0.153. The zero-order chi connectivity index (χ0) is 17.4. The first kappa shape index (κ1) is 15.1. The molecule has 25 heavy (non-hydrogen) atoms. The standard InChI is InChI=1S/C17H14FN5O2/c1-2-25-15(24)10-6-7-14-13(8-10)20-17-21-16(22-23(14)17)19-12-5-3-4-11(18)9-12/h3-9H,2H2,1H3,(H2,19,20,21,22). The summed E-state index contributed by atoms with van der Waals surface area (Å²) in [7, 11) is 0. The van der Waals surface area contributed by atoms with Crippen LogP contribution < -0.4 is 5.32 Å². The highest BCUT2D eigenvalue weighted by atomic mass is 19.1. The Morgan fingerprint density at radius 2 is 2.16 bits per heavy atom. The van der Waals surface area contributed by atoms with E-state index in [-0.39, 0.29) is 11.8 Å². The van der Waals surface area contributed by atoms with Crippen LogP contribution >= 0.6 is 0 Å². The Balaban J connectivity index is 1.68. The maximum Gasteiger partial charge on any atom is 0.338 e. The number of nitrogens with one attached hydrogen (secondary N) is 2. The Hall–Kier alpha value is -3.42. The number of nitrogens with zero attached hydrogens (tertiary/aromatic N) is 3. The second-order valence-electron chi connectivity index (χ2n) is 5.38. The summed E-state index contributed by atoms with van der Waals surface area (Å²) in [5, 5.41) is 6.04. The van der Waals surface area contributed by atoms with Gasteiger partial charge in [0.2, 0.25) is 5.95 Å². The number of rotatable bonds is 4. The van der Waals surface area contributed by atoms with Gasteiger partial charge in [-0.3, -0.25) is 5.10 Å². The Kier molecular flexibility index (Phi) is 3.57. The van der Waals surface area contributed by atoms with Gasteiger partial charge in [-0.2, -0.15) is 4.98 Å². The van der Waals surface area contributed by atoms with Crippen molar-refractivity contribution in [3.05, 3.63) is 53.8 Å². The molecule has 2 aromatic carbocycles. The number of hydrogen-bond donors (Lipinski definition) is 2. The van der Waals surface area contributed by atoms with Gasteiger partial charge in [0, 0.05) is 5.69 Å². The van der Waals surface area contributed by atoms with Crippen LogP contribution in [-0.2, 0) is 4.74 Å². The van der Waals surface area contributed by atoms with Crippen molar-refractivity contribution in [2.75, 3.05) is 11.9 Å². The van der Waals surface area contributed by atoms with Gasteiger partial charge in [0.05, 0.1) is 23.2 Å². The van der Waals surface area contributed by atoms with Gasteiger partial charge in [-0.05, 0) is 43.3 Å². The molecule has 0 aliphatic heterocycles. The maximum absolute atomic E-state index is 13.3. The van der Waals surface area contributed by atoms with E-state index in [0.717, 1.165) is 5.52 Å². The van der Waals surface area contributed by atoms with E-state index >= 15 is 0 Å². The minimum Gasteiger partial charge on any atom is -0.462 e. The largest absolute Gasteiger partial charge is 0.462 e. The third-order valence-electron chi connectivity index (χ3n) is 3.66. The van der Waals surface area contributed by atoms with Crippen LogP contribution in [0.2, 0.25) is 0 Å². The lowest BCUT2D eigenvalue weighted by Crippen LogP contribution is -2.04. The van der Waals surface area contributed by atoms with E-state index in [9.17, 15) is 9.18 Å². The van der Waals surface area contributed by atoms with E-state index < -0.39 is 0 Å². The molecule has 0 spiro atoms. The molecule has 2 aromatic heterocycles. The van der Waals surface area contributed by atoms with Crippen molar-refractivity contribution < 1.29 is 13.9 Å². The van der Waals surface area contributed by atoms with E-state index in [1.54, 1.807) is 41.8 Å². The number of H-pyrrole nitrogens is 1. The van der Waals surface area contributed by atoms with Crippen molar-refractivity contribution in [2.45, 2.75) is 6.92 Å². The second kappa shape index (κ2) is 5.90. The lowest BCUT2D eigenvalue weighted by molar-refractivity contribution is 0.0526. The van der Waals surface area contributed by atoms with E-state index in [1.807, 2.05) is 0 Å². The van der Waals surface area contributed by atoms with Gasteiger partial charge in [0.1, 0.15) is 5.82 Å². The Labute approximate surface area is 141 Å². The van der Waals surface area contributed by atoms with Crippen molar-refractivity contribution >= 4 is 34.4 Å². The number of imidazole rings is 1. The molecule has 126 valence electrons. The molecule has 7 nitrogen and oxygen atoms in total. The van der Waals surface area contributed by atoms with Crippen molar-refractivity contribution in [3.8, 4) is 0 Å². The van der Waals surface area contributed by atoms with Gasteiger partial charge in [0.25, 0.3) is 5.78 Å². The van der Waals surface area contributed by atoms with Gasteiger partial charge in [-0.15, -0.1) is 0 Å². The normalized spacial score (nSPS) is 11.1. The van der Waals surface area contributed by atoms with Crippen LogP contribution in [0.1, 0.15) is 17.3 Å². The average molecular weight is 339 g/mol. The van der Waals surface area contributed by atoms with Gasteiger partial charge in [-0.1, -0.05) is 6.07 Å². The fourth-order valence-corrected chi connectivity index (χ4v) is 2.58. The number of aromatic nitrogens is 4. The summed E-state index contributed by atoms with van der Waals surface area (Å²) in [6.45, 7) is 2.07. The average Bonchev–Trinajstić information content (AvgIpc) is 3.11. The Bertz CT molecular complexity index is 1090. The molecule has 0 bridgehead atoms. The molecule has 0 atom stereocenters. The number of carbonyl (C=O) groups excluding carboxylic acids is 1. The predicted octanol–water partition coefficient (Wildman–Crippen LogP) is 3.27. The van der Waals surface area contributed by atoms with Crippen molar-refractivity contribution in [2.24, 2.45) is 0 Å². The SMILES string of the molecule is CCOC(=O)c1ccc2c(c1)nc1nc(Nc3cccc(F)c3)[nH]n12. The highest BCUT2D eigenvalue weighted by Gasteiger charge is 2.13. The topological polar surface area (TPSA) is 84.3 Å². The number of hydrogen-bond acceptors (Lipinski definition) is 5. The van der Waals surface area contributed by atoms with Crippen LogP contribution in [0.3, 0.4) is 0 Å². The van der Waals surface area contributed by atoms with Crippen LogP contribution in [0.4, 0.5) is 16.0 Å². The van der Waals surface area contributed by atoms with Crippen LogP contribution in [0, 0.1) is 5.82 Å². The number of carbonyl (C=O) groups is 1. The minimum absolute atomic E-state index is 0.317. The van der Waals surface area contributed by atoms with Crippen LogP contribution in [0.5, 0.6) is 0 Å². The van der Waals surface area contributed by atoms with E-state index in [1.165, 1.54) is 12.1 Å².